The average molecular weight is 307 g/mol. The van der Waals surface area contributed by atoms with Gasteiger partial charge in [-0.2, -0.15) is 0 Å². The predicted molar refractivity (Wildman–Crippen MR) is 75.6 cm³/mol. The molecule has 0 N–H and O–H groups in total. The minimum Gasteiger partial charge on any atom is -0.342 e. The first-order valence-electron chi connectivity index (χ1n) is 5.88. The summed E-state index contributed by atoms with van der Waals surface area (Å²) in [6, 6.07) is 5.40. The van der Waals surface area contributed by atoms with Crippen molar-refractivity contribution in [1.29, 1.82) is 0 Å². The summed E-state index contributed by atoms with van der Waals surface area (Å²) in [6.45, 7) is 1.42. The first-order valence-corrected chi connectivity index (χ1v) is 7.17. The van der Waals surface area contributed by atoms with Gasteiger partial charge in [0.2, 0.25) is 5.91 Å². The molecule has 1 saturated heterocycles. The van der Waals surface area contributed by atoms with Gasteiger partial charge >= 0.3 is 0 Å². The maximum Gasteiger partial charge on any atom is 0.222 e. The van der Waals surface area contributed by atoms with Crippen LogP contribution in [0, 0.1) is 5.92 Å². The molecule has 1 aromatic rings. The van der Waals surface area contributed by atoms with E-state index in [0.717, 1.165) is 18.5 Å². The molecule has 0 spiro atoms. The van der Waals surface area contributed by atoms with Gasteiger partial charge in [-0.1, -0.05) is 23.2 Å². The number of benzene rings is 1. The number of likely N-dealkylation sites (tertiary alicyclic amines) is 1. The Kier molecular flexibility index (Phi) is 4.77. The van der Waals surface area contributed by atoms with Gasteiger partial charge in [0.05, 0.1) is 0 Å². The molecule has 0 radical (unpaired) electrons. The van der Waals surface area contributed by atoms with Crippen LogP contribution in [0.4, 0.5) is 0 Å². The summed E-state index contributed by atoms with van der Waals surface area (Å²) >= 11 is 17.8. The van der Waals surface area contributed by atoms with Crippen LogP contribution in [-0.2, 0) is 11.2 Å². The zero-order valence-electron chi connectivity index (χ0n) is 9.83. The Morgan fingerprint density at radius 2 is 2.11 bits per heavy atom. The molecule has 0 aliphatic carbocycles. The average Bonchev–Trinajstić information content (AvgIpc) is 2.71. The van der Waals surface area contributed by atoms with Crippen LogP contribution >= 0.6 is 34.8 Å². The molecule has 1 fully saturated rings. The highest BCUT2D eigenvalue weighted by Gasteiger charge is 2.28. The summed E-state index contributed by atoms with van der Waals surface area (Å²) in [5, 5.41) is 1.36. The molecule has 5 heteroatoms. The van der Waals surface area contributed by atoms with E-state index in [2.05, 4.69) is 0 Å². The summed E-state index contributed by atoms with van der Waals surface area (Å²) in [6.07, 6.45) is 1.28. The van der Waals surface area contributed by atoms with Gasteiger partial charge in [-0.05, 0) is 36.1 Å². The molecule has 98 valence electrons. The minimum atomic E-state index is 0.179. The minimum absolute atomic E-state index is 0.179. The first kappa shape index (κ1) is 14.0. The van der Waals surface area contributed by atoms with E-state index in [1.54, 1.807) is 12.1 Å². The van der Waals surface area contributed by atoms with Crippen molar-refractivity contribution in [3.05, 3.63) is 33.8 Å². The highest BCUT2D eigenvalue weighted by molar-refractivity contribution is 6.33. The third kappa shape index (κ3) is 3.31. The molecule has 1 atom stereocenters. The van der Waals surface area contributed by atoms with Gasteiger partial charge in [0, 0.05) is 35.4 Å². The molecule has 1 aliphatic rings. The van der Waals surface area contributed by atoms with E-state index in [9.17, 15) is 4.79 Å². The molecule has 0 saturated carbocycles. The standard InChI is InChI=1S/C13H14Cl3NO/c14-7-9-5-13(18)17(8-9)4-3-10-6-11(15)1-2-12(10)16/h1-2,6,9H,3-5,7-8H2. The third-order valence-corrected chi connectivity index (χ3v) is 4.21. The van der Waals surface area contributed by atoms with Gasteiger partial charge in [-0.25, -0.2) is 0 Å². The van der Waals surface area contributed by atoms with Crippen molar-refractivity contribution in [2.45, 2.75) is 12.8 Å². The molecule has 1 unspecified atom stereocenters. The van der Waals surface area contributed by atoms with Crippen molar-refractivity contribution in [3.8, 4) is 0 Å². The van der Waals surface area contributed by atoms with Crippen LogP contribution in [-0.4, -0.2) is 29.8 Å². The zero-order valence-corrected chi connectivity index (χ0v) is 12.1. The molecule has 1 amide bonds. The maximum atomic E-state index is 11.7. The van der Waals surface area contributed by atoms with Gasteiger partial charge in [-0.3, -0.25) is 4.79 Å². The van der Waals surface area contributed by atoms with E-state index in [1.807, 2.05) is 11.0 Å². The fraction of sp³-hybridized carbons (Fsp3) is 0.462. The van der Waals surface area contributed by atoms with E-state index < -0.39 is 0 Å². The van der Waals surface area contributed by atoms with Crippen LogP contribution in [0.25, 0.3) is 0 Å². The predicted octanol–water partition coefficient (Wildman–Crippen LogP) is 3.62. The number of carbonyl (C=O) groups is 1. The van der Waals surface area contributed by atoms with Crippen LogP contribution in [0.15, 0.2) is 18.2 Å². The number of nitrogens with zero attached hydrogens (tertiary/aromatic N) is 1. The second-order valence-corrected chi connectivity index (χ2v) is 5.70. The normalized spacial score (nSPS) is 19.6. The van der Waals surface area contributed by atoms with Gasteiger partial charge < -0.3 is 4.90 Å². The Morgan fingerprint density at radius 3 is 2.78 bits per heavy atom. The number of halogens is 3. The lowest BCUT2D eigenvalue weighted by atomic mass is 10.1. The largest absolute Gasteiger partial charge is 0.342 e. The molecule has 1 heterocycles. The quantitative estimate of drug-likeness (QED) is 0.778. The molecular formula is C13H14Cl3NO. The van der Waals surface area contributed by atoms with Crippen molar-refractivity contribution in [3.63, 3.8) is 0 Å². The number of rotatable bonds is 4. The molecular weight excluding hydrogens is 293 g/mol. The van der Waals surface area contributed by atoms with Crippen LogP contribution in [0.2, 0.25) is 10.0 Å². The Labute approximate surface area is 122 Å². The summed E-state index contributed by atoms with van der Waals surface area (Å²) in [4.78, 5) is 13.6. The van der Waals surface area contributed by atoms with Crippen molar-refractivity contribution >= 4 is 40.7 Å². The monoisotopic (exact) mass is 305 g/mol. The molecule has 0 bridgehead atoms. The lowest BCUT2D eigenvalue weighted by molar-refractivity contribution is -0.127. The van der Waals surface area contributed by atoms with E-state index in [-0.39, 0.29) is 11.8 Å². The molecule has 2 rings (SSSR count). The number of hydrogen-bond acceptors (Lipinski definition) is 1. The SMILES string of the molecule is O=C1CC(CCl)CN1CCc1cc(Cl)ccc1Cl. The molecule has 1 aromatic carbocycles. The smallest absolute Gasteiger partial charge is 0.222 e. The van der Waals surface area contributed by atoms with Crippen molar-refractivity contribution in [2.75, 3.05) is 19.0 Å². The summed E-state index contributed by atoms with van der Waals surface area (Å²) in [5.41, 5.74) is 0.978. The Hall–Kier alpha value is -0.440. The second kappa shape index (κ2) is 6.14. The molecule has 2 nitrogen and oxygen atoms in total. The summed E-state index contributed by atoms with van der Waals surface area (Å²) in [5.74, 6) is 1.01. The number of carbonyl (C=O) groups excluding carboxylic acids is 1. The maximum absolute atomic E-state index is 11.7. The van der Waals surface area contributed by atoms with E-state index in [0.29, 0.717) is 28.9 Å². The Morgan fingerprint density at radius 1 is 1.33 bits per heavy atom. The van der Waals surface area contributed by atoms with Gasteiger partial charge in [0.15, 0.2) is 0 Å². The lowest BCUT2D eigenvalue weighted by Gasteiger charge is -2.16. The van der Waals surface area contributed by atoms with Gasteiger partial charge in [0.1, 0.15) is 0 Å². The van der Waals surface area contributed by atoms with Crippen LogP contribution < -0.4 is 0 Å². The zero-order chi connectivity index (χ0) is 13.1. The van der Waals surface area contributed by atoms with Gasteiger partial charge in [0.25, 0.3) is 0 Å². The summed E-state index contributed by atoms with van der Waals surface area (Å²) in [7, 11) is 0. The molecule has 1 aliphatic heterocycles. The van der Waals surface area contributed by atoms with E-state index >= 15 is 0 Å². The third-order valence-electron chi connectivity index (χ3n) is 3.17. The number of hydrogen-bond donors (Lipinski definition) is 0. The summed E-state index contributed by atoms with van der Waals surface area (Å²) < 4.78 is 0. The second-order valence-electron chi connectivity index (χ2n) is 4.55. The number of alkyl halides is 1. The van der Waals surface area contributed by atoms with Crippen molar-refractivity contribution < 1.29 is 4.79 Å². The highest BCUT2D eigenvalue weighted by Crippen LogP contribution is 2.23. The molecule has 18 heavy (non-hydrogen) atoms. The Balaban J connectivity index is 1.95. The van der Waals surface area contributed by atoms with Crippen LogP contribution in [0.3, 0.4) is 0 Å². The van der Waals surface area contributed by atoms with Crippen LogP contribution in [0.5, 0.6) is 0 Å². The topological polar surface area (TPSA) is 20.3 Å². The van der Waals surface area contributed by atoms with Crippen molar-refractivity contribution in [2.24, 2.45) is 5.92 Å². The lowest BCUT2D eigenvalue weighted by Crippen LogP contribution is -2.27. The molecule has 0 aromatic heterocycles. The van der Waals surface area contributed by atoms with Gasteiger partial charge in [-0.15, -0.1) is 11.6 Å². The Bertz CT molecular complexity index is 450. The number of amides is 1. The van der Waals surface area contributed by atoms with E-state index in [1.165, 1.54) is 0 Å². The fourth-order valence-corrected chi connectivity index (χ4v) is 2.78. The van der Waals surface area contributed by atoms with E-state index in [4.69, 9.17) is 34.8 Å². The van der Waals surface area contributed by atoms with Crippen LogP contribution in [0.1, 0.15) is 12.0 Å². The first-order chi connectivity index (χ1) is 8.60. The van der Waals surface area contributed by atoms with Crippen molar-refractivity contribution in [1.82, 2.24) is 4.90 Å². The fourth-order valence-electron chi connectivity index (χ4n) is 2.16. The highest BCUT2D eigenvalue weighted by atomic mass is 35.5.